The fourth-order valence-corrected chi connectivity index (χ4v) is 10.5. The van der Waals surface area contributed by atoms with Gasteiger partial charge in [-0.15, -0.1) is 11.3 Å². The summed E-state index contributed by atoms with van der Waals surface area (Å²) in [5.74, 6) is -0.782. The molecule has 8 aromatic rings. The Bertz CT molecular complexity index is 3240. The van der Waals surface area contributed by atoms with Crippen molar-refractivity contribution in [3.63, 3.8) is 0 Å². The van der Waals surface area contributed by atoms with E-state index < -0.39 is 0 Å². The summed E-state index contributed by atoms with van der Waals surface area (Å²) in [5, 5.41) is 2.53. The SMILES string of the molecule is Cc1nc2sccn2c(=O)c1CCN1CCC(=C(c2ccccc2)c2ccc(F)cc2)CC1.O=c1c2ccccc2[nH]c(=S)n1CCN1CCC(=C(c2ccc(F)cc2)c2ccc(F)cc2)CC1. The van der Waals surface area contributed by atoms with Gasteiger partial charge in [-0.05, 0) is 133 Å². The Labute approximate surface area is 402 Å². The van der Waals surface area contributed by atoms with Crippen molar-refractivity contribution in [2.45, 2.75) is 45.6 Å². The number of likely N-dealkylation sites (tertiary alicyclic amines) is 2. The highest BCUT2D eigenvalue weighted by molar-refractivity contribution is 7.71. The first-order chi connectivity index (χ1) is 33.1. The van der Waals surface area contributed by atoms with Gasteiger partial charge in [0.2, 0.25) is 0 Å². The van der Waals surface area contributed by atoms with Gasteiger partial charge in [-0.3, -0.25) is 18.6 Å². The zero-order valence-corrected chi connectivity index (χ0v) is 39.4. The Hall–Kier alpha value is -6.51. The molecular formula is C55H51F3N6O2S2. The van der Waals surface area contributed by atoms with Gasteiger partial charge in [-0.2, -0.15) is 0 Å². The van der Waals surface area contributed by atoms with Gasteiger partial charge in [0.05, 0.1) is 10.9 Å². The van der Waals surface area contributed by atoms with E-state index >= 15 is 0 Å². The van der Waals surface area contributed by atoms with Crippen LogP contribution in [0.25, 0.3) is 27.0 Å². The minimum Gasteiger partial charge on any atom is -0.332 e. The second kappa shape index (κ2) is 21.2. The number of halogens is 3. The van der Waals surface area contributed by atoms with Crippen molar-refractivity contribution in [3.05, 3.63) is 227 Å². The number of nitrogens with one attached hydrogen (secondary N) is 1. The van der Waals surface area contributed by atoms with Gasteiger partial charge < -0.3 is 14.8 Å². The van der Waals surface area contributed by atoms with E-state index in [2.05, 4.69) is 31.9 Å². The first kappa shape index (κ1) is 46.6. The second-order valence-electron chi connectivity index (χ2n) is 17.2. The largest absolute Gasteiger partial charge is 0.332 e. The maximum atomic E-state index is 13.6. The van der Waals surface area contributed by atoms with Crippen molar-refractivity contribution in [2.75, 3.05) is 39.3 Å². The molecule has 5 aromatic carbocycles. The van der Waals surface area contributed by atoms with Gasteiger partial charge in [0.25, 0.3) is 11.1 Å². The third kappa shape index (κ3) is 10.6. The average molecular weight is 949 g/mol. The van der Waals surface area contributed by atoms with E-state index in [1.54, 1.807) is 39.4 Å². The summed E-state index contributed by atoms with van der Waals surface area (Å²) in [7, 11) is 0. The number of piperidine rings is 2. The number of para-hydroxylation sites is 1. The smallest absolute Gasteiger partial charge is 0.262 e. The molecule has 0 unspecified atom stereocenters. The summed E-state index contributed by atoms with van der Waals surface area (Å²) in [6.45, 7) is 7.57. The minimum absolute atomic E-state index is 0.0546. The molecule has 2 saturated heterocycles. The fraction of sp³-hybridized carbons (Fsp3) is 0.236. The summed E-state index contributed by atoms with van der Waals surface area (Å²) in [6, 6.07) is 37.5. The molecule has 10 rings (SSSR count). The monoisotopic (exact) mass is 948 g/mol. The molecule has 8 nitrogen and oxygen atoms in total. The second-order valence-corrected chi connectivity index (χ2v) is 18.5. The zero-order valence-electron chi connectivity index (χ0n) is 37.8. The maximum Gasteiger partial charge on any atom is 0.262 e. The molecule has 346 valence electrons. The van der Waals surface area contributed by atoms with E-state index in [0.29, 0.717) is 29.7 Å². The summed E-state index contributed by atoms with van der Waals surface area (Å²) < 4.78 is 44.4. The number of hydrogen-bond donors (Lipinski definition) is 1. The lowest BCUT2D eigenvalue weighted by molar-refractivity contribution is 0.245. The van der Waals surface area contributed by atoms with Gasteiger partial charge in [0, 0.05) is 68.6 Å². The van der Waals surface area contributed by atoms with E-state index in [-0.39, 0.29) is 28.6 Å². The van der Waals surface area contributed by atoms with Crippen molar-refractivity contribution in [1.29, 1.82) is 0 Å². The lowest BCUT2D eigenvalue weighted by atomic mass is 9.88. The van der Waals surface area contributed by atoms with Crippen LogP contribution in [-0.4, -0.2) is 68.0 Å². The van der Waals surface area contributed by atoms with Crippen LogP contribution in [0.3, 0.4) is 0 Å². The number of H-pyrrole nitrogens is 1. The highest BCUT2D eigenvalue weighted by atomic mass is 32.1. The molecular weight excluding hydrogens is 898 g/mol. The Balaban J connectivity index is 0.000000170. The Morgan fingerprint density at radius 1 is 0.618 bits per heavy atom. The Morgan fingerprint density at radius 2 is 1.10 bits per heavy atom. The van der Waals surface area contributed by atoms with Gasteiger partial charge in [0.1, 0.15) is 17.5 Å². The molecule has 0 amide bonds. The van der Waals surface area contributed by atoms with Crippen LogP contribution >= 0.6 is 23.6 Å². The van der Waals surface area contributed by atoms with Crippen molar-refractivity contribution >= 4 is 50.6 Å². The zero-order chi connectivity index (χ0) is 47.1. The lowest BCUT2D eigenvalue weighted by Crippen LogP contribution is -2.36. The first-order valence-corrected chi connectivity index (χ1v) is 24.3. The van der Waals surface area contributed by atoms with Crippen LogP contribution in [0.5, 0.6) is 0 Å². The van der Waals surface area contributed by atoms with Gasteiger partial charge in [-0.1, -0.05) is 90.0 Å². The van der Waals surface area contributed by atoms with Crippen molar-refractivity contribution in [1.82, 2.24) is 28.7 Å². The Morgan fingerprint density at radius 3 is 1.65 bits per heavy atom. The van der Waals surface area contributed by atoms with Gasteiger partial charge in [-0.25, -0.2) is 18.2 Å². The molecule has 68 heavy (non-hydrogen) atoms. The number of nitrogens with zero attached hydrogens (tertiary/aromatic N) is 5. The third-order valence-electron chi connectivity index (χ3n) is 13.1. The minimum atomic E-state index is -0.283. The van der Waals surface area contributed by atoms with E-state index in [1.165, 1.54) is 70.0 Å². The Kier molecular flexibility index (Phi) is 14.5. The molecule has 5 heterocycles. The molecule has 0 saturated carbocycles. The summed E-state index contributed by atoms with van der Waals surface area (Å²) in [5.41, 5.74) is 11.4. The van der Waals surface area contributed by atoms with Crippen LogP contribution in [0.2, 0.25) is 0 Å². The topological polar surface area (TPSA) is 78.6 Å². The number of benzene rings is 5. The average Bonchev–Trinajstić information content (AvgIpc) is 3.84. The van der Waals surface area contributed by atoms with Crippen LogP contribution in [0.15, 0.2) is 160 Å². The normalized spacial score (nSPS) is 14.5. The molecule has 0 bridgehead atoms. The quantitative estimate of drug-likeness (QED) is 0.138. The number of aryl methyl sites for hydroxylation is 1. The molecule has 0 spiro atoms. The standard InChI is InChI=1S/C28H25F2N3OS.C27H26FN3OS/c29-22-9-5-19(6-10-22)26(20-7-11-23(30)12-8-20)21-13-15-32(16-14-21)17-18-33-27(34)24-3-1-2-4-25(24)31-28(33)35;1-19-24(26(32)31-17-18-33-27(31)29-19)13-16-30-14-11-22(12-15-30)25(20-5-3-2-4-6-20)21-7-9-23(28)10-8-21/h1-12H,13-18H2,(H,31,35);2-10,17-18H,11-16H2,1H3. The van der Waals surface area contributed by atoms with Crippen LogP contribution in [-0.2, 0) is 13.0 Å². The predicted molar refractivity (Wildman–Crippen MR) is 270 cm³/mol. The molecule has 13 heteroatoms. The van der Waals surface area contributed by atoms with Crippen LogP contribution in [0.1, 0.15) is 59.2 Å². The summed E-state index contributed by atoms with van der Waals surface area (Å²) in [6.07, 6.45) is 6.10. The van der Waals surface area contributed by atoms with Gasteiger partial charge >= 0.3 is 0 Å². The molecule has 2 fully saturated rings. The predicted octanol–water partition coefficient (Wildman–Crippen LogP) is 11.3. The molecule has 2 aliphatic rings. The number of aromatic amines is 1. The molecule has 0 aliphatic carbocycles. The number of rotatable bonds is 10. The van der Waals surface area contributed by atoms with E-state index in [1.807, 2.05) is 66.9 Å². The number of fused-ring (bicyclic) bond motifs is 2. The highest BCUT2D eigenvalue weighted by Gasteiger charge is 2.22. The summed E-state index contributed by atoms with van der Waals surface area (Å²) in [4.78, 5) is 39.0. The van der Waals surface area contributed by atoms with Crippen LogP contribution in [0.4, 0.5) is 13.2 Å². The van der Waals surface area contributed by atoms with Gasteiger partial charge in [0.15, 0.2) is 9.73 Å². The highest BCUT2D eigenvalue weighted by Crippen LogP contribution is 2.34. The maximum absolute atomic E-state index is 13.6. The number of thiazole rings is 1. The van der Waals surface area contributed by atoms with E-state index in [0.717, 1.165) is 102 Å². The molecule has 2 aliphatic heterocycles. The lowest BCUT2D eigenvalue weighted by Gasteiger charge is -2.30. The van der Waals surface area contributed by atoms with Crippen LogP contribution < -0.4 is 11.1 Å². The van der Waals surface area contributed by atoms with Crippen molar-refractivity contribution < 1.29 is 13.2 Å². The number of aromatic nitrogens is 4. The van der Waals surface area contributed by atoms with E-state index in [4.69, 9.17) is 12.2 Å². The first-order valence-electron chi connectivity index (χ1n) is 23.0. The van der Waals surface area contributed by atoms with E-state index in [9.17, 15) is 22.8 Å². The molecule has 3 aromatic heterocycles. The van der Waals surface area contributed by atoms with Crippen molar-refractivity contribution in [2.24, 2.45) is 0 Å². The molecule has 0 radical (unpaired) electrons. The third-order valence-corrected chi connectivity index (χ3v) is 14.1. The molecule has 0 atom stereocenters. The summed E-state index contributed by atoms with van der Waals surface area (Å²) >= 11 is 6.93. The van der Waals surface area contributed by atoms with Crippen molar-refractivity contribution in [3.8, 4) is 0 Å². The van der Waals surface area contributed by atoms with Crippen LogP contribution in [0, 0.1) is 29.1 Å². The number of hydrogen-bond acceptors (Lipinski definition) is 7. The molecule has 1 N–H and O–H groups in total. The fourth-order valence-electron chi connectivity index (χ4n) is 9.42.